The molecule has 5 heteroatoms. The van der Waals surface area contributed by atoms with Crippen molar-refractivity contribution in [3.63, 3.8) is 0 Å². The van der Waals surface area contributed by atoms with Crippen molar-refractivity contribution in [3.05, 3.63) is 0 Å². The summed E-state index contributed by atoms with van der Waals surface area (Å²) in [7, 11) is 1.67. The molecule has 108 valence electrons. The van der Waals surface area contributed by atoms with E-state index in [1.165, 1.54) is 0 Å². The molecule has 1 unspecified atom stereocenters. The van der Waals surface area contributed by atoms with E-state index in [9.17, 15) is 9.59 Å². The lowest BCUT2D eigenvalue weighted by Gasteiger charge is -2.38. The van der Waals surface area contributed by atoms with E-state index in [1.54, 1.807) is 7.11 Å². The van der Waals surface area contributed by atoms with Gasteiger partial charge in [0.05, 0.1) is 6.10 Å². The number of piperidine rings is 1. The summed E-state index contributed by atoms with van der Waals surface area (Å²) in [4.78, 5) is 25.4. The maximum Gasteiger partial charge on any atom is 0.222 e. The topological polar surface area (TPSA) is 58.6 Å². The standard InChI is InChI=1S/C14H24N2O3/c1-11(19-2)3-4-13(18)16-7-5-14(6-8-16)9-12(17)15-10-14/h11H,3-10H2,1-2H3,(H,15,17). The van der Waals surface area contributed by atoms with E-state index in [2.05, 4.69) is 5.32 Å². The van der Waals surface area contributed by atoms with Crippen LogP contribution in [0.3, 0.4) is 0 Å². The summed E-state index contributed by atoms with van der Waals surface area (Å²) in [6, 6.07) is 0. The van der Waals surface area contributed by atoms with E-state index in [1.807, 2.05) is 11.8 Å². The molecular formula is C14H24N2O3. The van der Waals surface area contributed by atoms with Crippen LogP contribution in [-0.2, 0) is 14.3 Å². The molecule has 2 heterocycles. The molecule has 0 saturated carbocycles. The van der Waals surface area contributed by atoms with Crippen LogP contribution in [-0.4, -0.2) is 49.6 Å². The molecule has 2 fully saturated rings. The second kappa shape index (κ2) is 5.90. The van der Waals surface area contributed by atoms with E-state index < -0.39 is 0 Å². The van der Waals surface area contributed by atoms with Gasteiger partial charge < -0.3 is 15.0 Å². The van der Waals surface area contributed by atoms with Crippen LogP contribution in [0.25, 0.3) is 0 Å². The quantitative estimate of drug-likeness (QED) is 0.825. The van der Waals surface area contributed by atoms with Gasteiger partial charge in [0.15, 0.2) is 0 Å². The van der Waals surface area contributed by atoms with Crippen molar-refractivity contribution in [1.29, 1.82) is 0 Å². The van der Waals surface area contributed by atoms with Crippen molar-refractivity contribution in [2.45, 2.75) is 45.1 Å². The van der Waals surface area contributed by atoms with Gasteiger partial charge in [0.25, 0.3) is 0 Å². The van der Waals surface area contributed by atoms with Crippen LogP contribution in [0.1, 0.15) is 39.0 Å². The molecule has 5 nitrogen and oxygen atoms in total. The van der Waals surface area contributed by atoms with Crippen LogP contribution in [0, 0.1) is 5.41 Å². The van der Waals surface area contributed by atoms with Crippen LogP contribution in [0.2, 0.25) is 0 Å². The van der Waals surface area contributed by atoms with E-state index in [0.717, 1.165) is 38.9 Å². The molecule has 2 aliphatic heterocycles. The average molecular weight is 268 g/mol. The van der Waals surface area contributed by atoms with Crippen molar-refractivity contribution in [2.75, 3.05) is 26.7 Å². The largest absolute Gasteiger partial charge is 0.382 e. The number of carbonyl (C=O) groups excluding carboxylic acids is 2. The number of methoxy groups -OCH3 is 1. The number of hydrogen-bond donors (Lipinski definition) is 1. The third kappa shape index (κ3) is 3.47. The molecule has 2 rings (SSSR count). The number of nitrogens with zero attached hydrogens (tertiary/aromatic N) is 1. The first-order chi connectivity index (χ1) is 9.04. The molecule has 0 aromatic carbocycles. The Labute approximate surface area is 114 Å². The highest BCUT2D eigenvalue weighted by molar-refractivity contribution is 5.79. The molecule has 0 aliphatic carbocycles. The van der Waals surface area contributed by atoms with E-state index in [4.69, 9.17) is 4.74 Å². The minimum atomic E-state index is 0.119. The molecule has 0 bridgehead atoms. The van der Waals surface area contributed by atoms with Gasteiger partial charge in [-0.2, -0.15) is 0 Å². The zero-order chi connectivity index (χ0) is 13.9. The predicted molar refractivity (Wildman–Crippen MR) is 71.6 cm³/mol. The first-order valence-corrected chi connectivity index (χ1v) is 7.12. The fourth-order valence-electron chi connectivity index (χ4n) is 2.94. The highest BCUT2D eigenvalue weighted by Crippen LogP contribution is 2.37. The Morgan fingerprint density at radius 3 is 2.68 bits per heavy atom. The number of amides is 2. The number of likely N-dealkylation sites (tertiary alicyclic amines) is 1. The fourth-order valence-corrected chi connectivity index (χ4v) is 2.94. The second-order valence-corrected chi connectivity index (χ2v) is 5.92. The zero-order valence-electron chi connectivity index (χ0n) is 11.9. The van der Waals surface area contributed by atoms with Gasteiger partial charge in [0.1, 0.15) is 0 Å². The summed E-state index contributed by atoms with van der Waals surface area (Å²) in [6.45, 7) is 4.34. The Morgan fingerprint density at radius 2 is 2.16 bits per heavy atom. The molecule has 1 atom stereocenters. The summed E-state index contributed by atoms with van der Waals surface area (Å²) in [5.41, 5.74) is 0.119. The minimum Gasteiger partial charge on any atom is -0.382 e. The second-order valence-electron chi connectivity index (χ2n) is 5.92. The summed E-state index contributed by atoms with van der Waals surface area (Å²) in [5.74, 6) is 0.379. The molecule has 1 spiro atoms. The summed E-state index contributed by atoms with van der Waals surface area (Å²) in [6.07, 6.45) is 3.98. The van der Waals surface area contributed by atoms with Crippen molar-refractivity contribution in [3.8, 4) is 0 Å². The predicted octanol–water partition coefficient (Wildman–Crippen LogP) is 0.930. The van der Waals surface area contributed by atoms with Gasteiger partial charge in [0.2, 0.25) is 11.8 Å². The highest BCUT2D eigenvalue weighted by Gasteiger charge is 2.41. The Bertz CT molecular complexity index is 349. The SMILES string of the molecule is COC(C)CCC(=O)N1CCC2(CC1)CNC(=O)C2. The van der Waals surface area contributed by atoms with Gasteiger partial charge >= 0.3 is 0 Å². The summed E-state index contributed by atoms with van der Waals surface area (Å²) < 4.78 is 5.16. The van der Waals surface area contributed by atoms with Crippen molar-refractivity contribution in [2.24, 2.45) is 5.41 Å². The average Bonchev–Trinajstić information content (AvgIpc) is 2.77. The maximum absolute atomic E-state index is 12.1. The van der Waals surface area contributed by atoms with Crippen LogP contribution >= 0.6 is 0 Å². The number of rotatable bonds is 4. The van der Waals surface area contributed by atoms with Gasteiger partial charge in [-0.3, -0.25) is 9.59 Å². The van der Waals surface area contributed by atoms with Crippen molar-refractivity contribution < 1.29 is 14.3 Å². The Morgan fingerprint density at radius 1 is 1.47 bits per heavy atom. The molecule has 19 heavy (non-hydrogen) atoms. The van der Waals surface area contributed by atoms with Gasteiger partial charge in [-0.25, -0.2) is 0 Å². The number of ether oxygens (including phenoxy) is 1. The first-order valence-electron chi connectivity index (χ1n) is 7.12. The van der Waals surface area contributed by atoms with Crippen LogP contribution in [0.15, 0.2) is 0 Å². The maximum atomic E-state index is 12.1. The van der Waals surface area contributed by atoms with Crippen molar-refractivity contribution >= 4 is 11.8 Å². The lowest BCUT2D eigenvalue weighted by Crippen LogP contribution is -2.44. The van der Waals surface area contributed by atoms with Gasteiger partial charge in [-0.05, 0) is 31.6 Å². The van der Waals surface area contributed by atoms with Crippen LogP contribution < -0.4 is 5.32 Å². The van der Waals surface area contributed by atoms with E-state index in [-0.39, 0.29) is 23.3 Å². The van der Waals surface area contributed by atoms with E-state index in [0.29, 0.717) is 12.8 Å². The first kappa shape index (κ1) is 14.3. The molecule has 0 radical (unpaired) electrons. The van der Waals surface area contributed by atoms with Crippen LogP contribution in [0.4, 0.5) is 0 Å². The Hall–Kier alpha value is -1.10. The lowest BCUT2D eigenvalue weighted by atomic mass is 9.77. The third-order valence-electron chi connectivity index (χ3n) is 4.54. The van der Waals surface area contributed by atoms with Gasteiger partial charge in [0, 0.05) is 39.6 Å². The highest BCUT2D eigenvalue weighted by atomic mass is 16.5. The lowest BCUT2D eigenvalue weighted by molar-refractivity contribution is -0.134. The Kier molecular flexibility index (Phi) is 4.45. The smallest absolute Gasteiger partial charge is 0.222 e. The third-order valence-corrected chi connectivity index (χ3v) is 4.54. The molecule has 2 saturated heterocycles. The number of carbonyl (C=O) groups is 2. The zero-order valence-corrected chi connectivity index (χ0v) is 11.9. The minimum absolute atomic E-state index is 0.119. The summed E-state index contributed by atoms with van der Waals surface area (Å²) >= 11 is 0. The number of hydrogen-bond acceptors (Lipinski definition) is 3. The number of nitrogens with one attached hydrogen (secondary N) is 1. The molecule has 1 N–H and O–H groups in total. The molecule has 0 aromatic rings. The van der Waals surface area contributed by atoms with Crippen molar-refractivity contribution in [1.82, 2.24) is 10.2 Å². The summed E-state index contributed by atoms with van der Waals surface area (Å²) in [5, 5.41) is 2.91. The monoisotopic (exact) mass is 268 g/mol. The molecule has 2 aliphatic rings. The van der Waals surface area contributed by atoms with E-state index >= 15 is 0 Å². The molecular weight excluding hydrogens is 244 g/mol. The van der Waals surface area contributed by atoms with Crippen LogP contribution in [0.5, 0.6) is 0 Å². The Balaban J connectivity index is 1.76. The fraction of sp³-hybridized carbons (Fsp3) is 0.857. The molecule has 0 aromatic heterocycles. The molecule has 2 amide bonds. The van der Waals surface area contributed by atoms with Gasteiger partial charge in [-0.1, -0.05) is 0 Å². The van der Waals surface area contributed by atoms with Gasteiger partial charge in [-0.15, -0.1) is 0 Å². The normalized spacial score (nSPS) is 23.5.